The maximum absolute atomic E-state index is 11.1. The number of furan rings is 1. The predicted octanol–water partition coefficient (Wildman–Crippen LogP) is 3.53. The second-order valence-electron chi connectivity index (χ2n) is 4.87. The number of aromatic nitrogens is 2. The van der Waals surface area contributed by atoms with Gasteiger partial charge in [-0.25, -0.2) is 0 Å². The number of nitrogens with one attached hydrogen (secondary N) is 3. The highest BCUT2D eigenvalue weighted by Crippen LogP contribution is 2.24. The summed E-state index contributed by atoms with van der Waals surface area (Å²) in [7, 11) is 0. The fraction of sp³-hybridized carbons (Fsp3) is 0.188. The summed E-state index contributed by atoms with van der Waals surface area (Å²) < 4.78 is 5.45. The van der Waals surface area contributed by atoms with Crippen molar-refractivity contribution in [2.24, 2.45) is 0 Å². The molecule has 0 fully saturated rings. The summed E-state index contributed by atoms with van der Waals surface area (Å²) >= 11 is 0. The molecule has 1 atom stereocenters. The van der Waals surface area contributed by atoms with E-state index in [1.165, 1.54) is 0 Å². The number of hydrogen-bond donors (Lipinski definition) is 3. The molecular weight excluding hydrogens is 266 g/mol. The van der Waals surface area contributed by atoms with Crippen molar-refractivity contribution in [1.82, 2.24) is 10.2 Å². The number of hydrogen-bond acceptors (Lipinski definition) is 3. The summed E-state index contributed by atoms with van der Waals surface area (Å²) in [5.41, 5.74) is 2.63. The summed E-state index contributed by atoms with van der Waals surface area (Å²) in [5.74, 6) is 0.927. The molecule has 3 N–H and O–H groups in total. The van der Waals surface area contributed by atoms with Crippen LogP contribution in [-0.2, 0) is 0 Å². The fourth-order valence-corrected chi connectivity index (χ4v) is 2.30. The van der Waals surface area contributed by atoms with Crippen LogP contribution < -0.4 is 10.9 Å². The van der Waals surface area contributed by atoms with Crippen LogP contribution in [0.5, 0.6) is 0 Å². The zero-order valence-corrected chi connectivity index (χ0v) is 11.7. The Morgan fingerprint density at radius 2 is 2.00 bits per heavy atom. The first kappa shape index (κ1) is 13.3. The van der Waals surface area contributed by atoms with Crippen molar-refractivity contribution in [1.29, 1.82) is 0 Å². The van der Waals surface area contributed by atoms with Crippen LogP contribution in [0, 0.1) is 0 Å². The number of aromatic amines is 2. The highest BCUT2D eigenvalue weighted by Gasteiger charge is 2.11. The number of rotatable bonds is 5. The van der Waals surface area contributed by atoms with Crippen molar-refractivity contribution in [3.63, 3.8) is 0 Å². The monoisotopic (exact) mass is 283 g/mol. The van der Waals surface area contributed by atoms with Crippen molar-refractivity contribution in [3.05, 3.63) is 64.8 Å². The van der Waals surface area contributed by atoms with E-state index in [0.717, 1.165) is 29.1 Å². The van der Waals surface area contributed by atoms with E-state index in [9.17, 15) is 4.79 Å². The van der Waals surface area contributed by atoms with Gasteiger partial charge in [0.1, 0.15) is 5.76 Å². The Morgan fingerprint density at radius 3 is 2.57 bits per heavy atom. The van der Waals surface area contributed by atoms with Crippen LogP contribution in [-0.4, -0.2) is 10.2 Å². The molecule has 3 aromatic rings. The molecule has 0 radical (unpaired) electrons. The summed E-state index contributed by atoms with van der Waals surface area (Å²) in [4.78, 5) is 11.1. The lowest BCUT2D eigenvalue weighted by atomic mass is 10.1. The molecule has 5 heteroatoms. The molecule has 2 aromatic heterocycles. The van der Waals surface area contributed by atoms with Crippen LogP contribution in [0.4, 0.5) is 5.69 Å². The smallest absolute Gasteiger partial charge is 0.264 e. The molecule has 0 amide bonds. The van der Waals surface area contributed by atoms with E-state index in [4.69, 9.17) is 4.42 Å². The first-order valence-electron chi connectivity index (χ1n) is 6.94. The Morgan fingerprint density at radius 1 is 1.19 bits per heavy atom. The Bertz CT molecular complexity index is 738. The first-order chi connectivity index (χ1) is 10.3. The lowest BCUT2D eigenvalue weighted by molar-refractivity contribution is 0.474. The van der Waals surface area contributed by atoms with E-state index >= 15 is 0 Å². The van der Waals surface area contributed by atoms with Gasteiger partial charge in [0.15, 0.2) is 0 Å². The molecule has 21 heavy (non-hydrogen) atoms. The second-order valence-corrected chi connectivity index (χ2v) is 4.87. The maximum atomic E-state index is 11.1. The minimum absolute atomic E-state index is 0.129. The Kier molecular flexibility index (Phi) is 3.64. The van der Waals surface area contributed by atoms with Crippen LogP contribution in [0.15, 0.2) is 57.9 Å². The van der Waals surface area contributed by atoms with Crippen molar-refractivity contribution in [2.45, 2.75) is 19.4 Å². The zero-order valence-electron chi connectivity index (χ0n) is 11.7. The van der Waals surface area contributed by atoms with Gasteiger partial charge in [-0.05, 0) is 36.2 Å². The van der Waals surface area contributed by atoms with E-state index in [2.05, 4.69) is 22.4 Å². The van der Waals surface area contributed by atoms with Gasteiger partial charge in [0.05, 0.1) is 18.0 Å². The Balaban J connectivity index is 1.76. The van der Waals surface area contributed by atoms with Gasteiger partial charge >= 0.3 is 0 Å². The molecular formula is C16H17N3O2. The van der Waals surface area contributed by atoms with E-state index in [1.807, 2.05) is 36.4 Å². The van der Waals surface area contributed by atoms with Crippen molar-refractivity contribution in [2.75, 3.05) is 5.32 Å². The second kappa shape index (κ2) is 5.75. The van der Waals surface area contributed by atoms with Gasteiger partial charge in [0.2, 0.25) is 0 Å². The molecule has 0 bridgehead atoms. The minimum atomic E-state index is -0.129. The van der Waals surface area contributed by atoms with Crippen molar-refractivity contribution in [3.8, 4) is 11.3 Å². The molecule has 2 heterocycles. The van der Waals surface area contributed by atoms with E-state index in [1.54, 1.807) is 12.3 Å². The quantitative estimate of drug-likeness (QED) is 0.670. The highest BCUT2D eigenvalue weighted by molar-refractivity contribution is 5.62. The summed E-state index contributed by atoms with van der Waals surface area (Å²) in [5, 5.41) is 8.82. The summed E-state index contributed by atoms with van der Waals surface area (Å²) in [6.07, 6.45) is 2.62. The van der Waals surface area contributed by atoms with E-state index in [0.29, 0.717) is 0 Å². The molecule has 108 valence electrons. The zero-order chi connectivity index (χ0) is 14.7. The molecule has 0 aliphatic rings. The third-order valence-corrected chi connectivity index (χ3v) is 3.43. The molecule has 1 aromatic carbocycles. The number of anilines is 1. The molecule has 1 unspecified atom stereocenters. The molecule has 5 nitrogen and oxygen atoms in total. The normalized spacial score (nSPS) is 12.2. The van der Waals surface area contributed by atoms with Crippen LogP contribution in [0.3, 0.4) is 0 Å². The van der Waals surface area contributed by atoms with Crippen molar-refractivity contribution < 1.29 is 4.42 Å². The molecule has 0 saturated carbocycles. The average Bonchev–Trinajstić information content (AvgIpc) is 3.17. The average molecular weight is 283 g/mol. The topological polar surface area (TPSA) is 73.8 Å². The van der Waals surface area contributed by atoms with Crippen molar-refractivity contribution >= 4 is 5.69 Å². The number of benzene rings is 1. The van der Waals surface area contributed by atoms with Gasteiger partial charge in [0.25, 0.3) is 5.56 Å². The predicted molar refractivity (Wildman–Crippen MR) is 82.2 cm³/mol. The van der Waals surface area contributed by atoms with Gasteiger partial charge < -0.3 is 9.73 Å². The van der Waals surface area contributed by atoms with Crippen LogP contribution >= 0.6 is 0 Å². The van der Waals surface area contributed by atoms with E-state index < -0.39 is 0 Å². The van der Waals surface area contributed by atoms with Gasteiger partial charge in [-0.15, -0.1) is 0 Å². The van der Waals surface area contributed by atoms with Crippen LogP contribution in [0.2, 0.25) is 0 Å². The lowest BCUT2D eigenvalue weighted by Gasteiger charge is -2.16. The standard InChI is InChI=1S/C16H17N3O2/c1-2-13(15-4-3-9-21-15)17-12-7-5-11(6-8-12)14-10-16(20)19-18-14/h3-10,13,17H,2H2,1H3,(H2,18,19,20). The largest absolute Gasteiger partial charge is 0.467 e. The first-order valence-corrected chi connectivity index (χ1v) is 6.94. The minimum Gasteiger partial charge on any atom is -0.467 e. The third-order valence-electron chi connectivity index (χ3n) is 3.43. The van der Waals surface area contributed by atoms with Crippen LogP contribution in [0.25, 0.3) is 11.3 Å². The van der Waals surface area contributed by atoms with Gasteiger partial charge in [0, 0.05) is 11.8 Å². The van der Waals surface area contributed by atoms with Crippen LogP contribution in [0.1, 0.15) is 25.1 Å². The lowest BCUT2D eigenvalue weighted by Crippen LogP contribution is -2.08. The maximum Gasteiger partial charge on any atom is 0.264 e. The molecule has 0 spiro atoms. The summed E-state index contributed by atoms with van der Waals surface area (Å²) in [6, 6.07) is 13.5. The molecule has 0 saturated heterocycles. The summed E-state index contributed by atoms with van der Waals surface area (Å²) in [6.45, 7) is 2.11. The molecule has 0 aliphatic carbocycles. The van der Waals surface area contributed by atoms with Gasteiger partial charge in [-0.3, -0.25) is 15.0 Å². The fourth-order valence-electron chi connectivity index (χ4n) is 2.30. The van der Waals surface area contributed by atoms with E-state index in [-0.39, 0.29) is 11.6 Å². The molecule has 3 rings (SSSR count). The number of H-pyrrole nitrogens is 2. The Labute approximate surface area is 122 Å². The van der Waals surface area contributed by atoms with Gasteiger partial charge in [-0.1, -0.05) is 19.1 Å². The Hall–Kier alpha value is -2.69. The van der Waals surface area contributed by atoms with Gasteiger partial charge in [-0.2, -0.15) is 0 Å². The molecule has 0 aliphatic heterocycles. The third kappa shape index (κ3) is 2.91. The SMILES string of the molecule is CCC(Nc1ccc(-c2cc(=O)[nH][nH]2)cc1)c1ccco1. The highest BCUT2D eigenvalue weighted by atomic mass is 16.3.